The van der Waals surface area contributed by atoms with Crippen molar-refractivity contribution in [1.82, 2.24) is 9.97 Å². The highest BCUT2D eigenvalue weighted by molar-refractivity contribution is 5.95. The van der Waals surface area contributed by atoms with Gasteiger partial charge in [0.15, 0.2) is 5.82 Å². The van der Waals surface area contributed by atoms with E-state index in [9.17, 15) is 0 Å². The standard InChI is InChI=1S/C44H34N2/c1-43(2)34-19-9-7-15-30(34)40-32(17-11-21-36(40)43)38-26-39(46-42(45-38)29-24-23-27-13-5-6-14-28(27)25-29)33-18-12-22-37-41(33)31-16-8-10-20-35(31)44(37,3)4/h5-26H,1-4H3. The van der Waals surface area contributed by atoms with Crippen molar-refractivity contribution in [3.8, 4) is 56.2 Å². The van der Waals surface area contributed by atoms with Crippen LogP contribution in [-0.2, 0) is 10.8 Å². The Morgan fingerprint density at radius 1 is 0.391 bits per heavy atom. The van der Waals surface area contributed by atoms with Crippen molar-refractivity contribution in [2.45, 2.75) is 38.5 Å². The van der Waals surface area contributed by atoms with Crippen LogP contribution in [0.25, 0.3) is 66.9 Å². The van der Waals surface area contributed by atoms with E-state index in [1.54, 1.807) is 0 Å². The highest BCUT2D eigenvalue weighted by Crippen LogP contribution is 2.54. The molecule has 0 fully saturated rings. The molecule has 0 aliphatic heterocycles. The van der Waals surface area contributed by atoms with Gasteiger partial charge in [-0.05, 0) is 67.4 Å². The van der Waals surface area contributed by atoms with Gasteiger partial charge in [-0.25, -0.2) is 9.97 Å². The van der Waals surface area contributed by atoms with Crippen LogP contribution in [0, 0.1) is 0 Å². The van der Waals surface area contributed by atoms with Crippen LogP contribution in [0.5, 0.6) is 0 Å². The summed E-state index contributed by atoms with van der Waals surface area (Å²) in [6.07, 6.45) is 0. The fourth-order valence-corrected chi connectivity index (χ4v) is 8.12. The summed E-state index contributed by atoms with van der Waals surface area (Å²) in [6, 6.07) is 48.4. The van der Waals surface area contributed by atoms with Gasteiger partial charge in [-0.2, -0.15) is 0 Å². The minimum atomic E-state index is -0.0888. The number of aromatic nitrogens is 2. The van der Waals surface area contributed by atoms with Gasteiger partial charge >= 0.3 is 0 Å². The summed E-state index contributed by atoms with van der Waals surface area (Å²) in [6.45, 7) is 9.33. The van der Waals surface area contributed by atoms with Crippen molar-refractivity contribution in [2.24, 2.45) is 0 Å². The molecule has 220 valence electrons. The Morgan fingerprint density at radius 3 is 1.41 bits per heavy atom. The molecule has 9 rings (SSSR count). The van der Waals surface area contributed by atoms with Crippen LogP contribution < -0.4 is 0 Å². The maximum atomic E-state index is 5.36. The van der Waals surface area contributed by atoms with Crippen LogP contribution in [0.15, 0.2) is 133 Å². The zero-order chi connectivity index (χ0) is 31.2. The topological polar surface area (TPSA) is 25.8 Å². The predicted octanol–water partition coefficient (Wildman–Crippen LogP) is 11.2. The predicted molar refractivity (Wildman–Crippen MR) is 191 cm³/mol. The third kappa shape index (κ3) is 3.77. The van der Waals surface area contributed by atoms with Crippen LogP contribution in [-0.4, -0.2) is 9.97 Å². The Balaban J connectivity index is 1.34. The van der Waals surface area contributed by atoms with Crippen molar-refractivity contribution in [3.05, 3.63) is 156 Å². The molecule has 0 unspecified atom stereocenters. The molecule has 2 nitrogen and oxygen atoms in total. The van der Waals surface area contributed by atoms with Crippen molar-refractivity contribution in [3.63, 3.8) is 0 Å². The first-order chi connectivity index (χ1) is 22.3. The highest BCUT2D eigenvalue weighted by atomic mass is 14.9. The van der Waals surface area contributed by atoms with Gasteiger partial charge < -0.3 is 0 Å². The molecule has 2 aliphatic rings. The van der Waals surface area contributed by atoms with E-state index in [0.29, 0.717) is 0 Å². The summed E-state index contributed by atoms with van der Waals surface area (Å²) >= 11 is 0. The quantitative estimate of drug-likeness (QED) is 0.205. The minimum Gasteiger partial charge on any atom is -0.228 e. The number of fused-ring (bicyclic) bond motifs is 7. The van der Waals surface area contributed by atoms with E-state index in [-0.39, 0.29) is 10.8 Å². The largest absolute Gasteiger partial charge is 0.228 e. The minimum absolute atomic E-state index is 0.0888. The second-order valence-electron chi connectivity index (χ2n) is 13.8. The second kappa shape index (κ2) is 9.58. The van der Waals surface area contributed by atoms with Gasteiger partial charge in [-0.1, -0.05) is 149 Å². The summed E-state index contributed by atoms with van der Waals surface area (Å²) in [5.41, 5.74) is 15.6. The first kappa shape index (κ1) is 27.0. The first-order valence-electron chi connectivity index (χ1n) is 16.2. The number of nitrogens with zero attached hydrogens (tertiary/aromatic N) is 2. The normalized spacial score (nSPS) is 14.9. The average Bonchev–Trinajstić information content (AvgIpc) is 3.48. The summed E-state index contributed by atoms with van der Waals surface area (Å²) in [4.78, 5) is 10.7. The lowest BCUT2D eigenvalue weighted by Crippen LogP contribution is -2.14. The van der Waals surface area contributed by atoms with E-state index >= 15 is 0 Å². The van der Waals surface area contributed by atoms with E-state index in [1.807, 2.05) is 0 Å². The van der Waals surface area contributed by atoms with Gasteiger partial charge in [0.1, 0.15) is 0 Å². The molecule has 7 aromatic rings. The fraction of sp³-hybridized carbons (Fsp3) is 0.136. The molecule has 0 saturated carbocycles. The maximum Gasteiger partial charge on any atom is 0.160 e. The molecule has 1 heterocycles. The van der Waals surface area contributed by atoms with E-state index < -0.39 is 0 Å². The van der Waals surface area contributed by atoms with Crippen LogP contribution in [0.3, 0.4) is 0 Å². The first-order valence-corrected chi connectivity index (χ1v) is 16.2. The molecular formula is C44H34N2. The van der Waals surface area contributed by atoms with E-state index in [0.717, 1.165) is 33.9 Å². The van der Waals surface area contributed by atoms with Gasteiger partial charge in [0, 0.05) is 27.5 Å². The molecule has 0 N–H and O–H groups in total. The van der Waals surface area contributed by atoms with Crippen molar-refractivity contribution in [1.29, 1.82) is 0 Å². The molecule has 0 atom stereocenters. The molecule has 0 bridgehead atoms. The maximum absolute atomic E-state index is 5.36. The van der Waals surface area contributed by atoms with Gasteiger partial charge in [0.05, 0.1) is 11.4 Å². The molecule has 2 aliphatic carbocycles. The van der Waals surface area contributed by atoms with Crippen molar-refractivity contribution < 1.29 is 0 Å². The molecule has 0 spiro atoms. The zero-order valence-electron chi connectivity index (χ0n) is 26.6. The smallest absolute Gasteiger partial charge is 0.160 e. The Morgan fingerprint density at radius 2 is 0.848 bits per heavy atom. The SMILES string of the molecule is CC1(C)c2ccccc2-c2c(-c3cc(-c4cccc5c4-c4ccccc4C5(C)C)nc(-c4ccc5ccccc5c4)n3)cccc21. The molecule has 6 aromatic carbocycles. The van der Waals surface area contributed by atoms with Gasteiger partial charge in [-0.15, -0.1) is 0 Å². The zero-order valence-corrected chi connectivity index (χ0v) is 26.6. The second-order valence-corrected chi connectivity index (χ2v) is 13.8. The average molecular weight is 591 g/mol. The molecule has 0 amide bonds. The number of hydrogen-bond donors (Lipinski definition) is 0. The van der Waals surface area contributed by atoms with Crippen LogP contribution >= 0.6 is 0 Å². The molecule has 46 heavy (non-hydrogen) atoms. The lowest BCUT2D eigenvalue weighted by Gasteiger charge is -2.22. The molecule has 0 radical (unpaired) electrons. The molecular weight excluding hydrogens is 556 g/mol. The summed E-state index contributed by atoms with van der Waals surface area (Å²) < 4.78 is 0. The van der Waals surface area contributed by atoms with E-state index in [1.165, 1.54) is 55.3 Å². The summed E-state index contributed by atoms with van der Waals surface area (Å²) in [5, 5.41) is 2.39. The Labute approximate surface area is 270 Å². The van der Waals surface area contributed by atoms with Crippen LogP contribution in [0.4, 0.5) is 0 Å². The lowest BCUT2D eigenvalue weighted by atomic mass is 9.82. The molecule has 0 saturated heterocycles. The Hall–Kier alpha value is -5.34. The van der Waals surface area contributed by atoms with Crippen LogP contribution in [0.1, 0.15) is 49.9 Å². The third-order valence-corrected chi connectivity index (χ3v) is 10.5. The lowest BCUT2D eigenvalue weighted by molar-refractivity contribution is 0.660. The molecule has 2 heteroatoms. The number of rotatable bonds is 3. The monoisotopic (exact) mass is 590 g/mol. The van der Waals surface area contributed by atoms with Gasteiger partial charge in [0.2, 0.25) is 0 Å². The highest BCUT2D eigenvalue weighted by Gasteiger charge is 2.38. The molecule has 1 aromatic heterocycles. The van der Waals surface area contributed by atoms with Crippen LogP contribution in [0.2, 0.25) is 0 Å². The Kier molecular flexibility index (Phi) is 5.63. The number of hydrogen-bond acceptors (Lipinski definition) is 2. The van der Waals surface area contributed by atoms with Crippen molar-refractivity contribution in [2.75, 3.05) is 0 Å². The third-order valence-electron chi connectivity index (χ3n) is 10.5. The van der Waals surface area contributed by atoms with E-state index in [4.69, 9.17) is 9.97 Å². The van der Waals surface area contributed by atoms with Crippen molar-refractivity contribution >= 4 is 10.8 Å². The fourth-order valence-electron chi connectivity index (χ4n) is 8.12. The van der Waals surface area contributed by atoms with Gasteiger partial charge in [-0.3, -0.25) is 0 Å². The Bertz CT molecular complexity index is 2250. The van der Waals surface area contributed by atoms with Gasteiger partial charge in [0.25, 0.3) is 0 Å². The van der Waals surface area contributed by atoms with E-state index in [2.05, 4.69) is 161 Å². The summed E-state index contributed by atoms with van der Waals surface area (Å²) in [7, 11) is 0. The summed E-state index contributed by atoms with van der Waals surface area (Å²) in [5.74, 6) is 0.740. The number of benzene rings is 6.